The quantitative estimate of drug-likeness (QED) is 0.199. The standard InChI is InChI=1S/C10H10F4.C10H22N2.C9H20N2O.C8H14F2.C8H16O.C8H14O.C8H16.C7H15NO.C6H12.CH4/c1-6(2)7-3-4-9(11)8(5-7)10(12,13)14;1-9(2)12-7-5-10(6-8-12)11(3)4;1-9(2)11-5-3-10(4-6-11)7-8-12;1-6(2)7-3-4-8(9,10)5-7;2*1-6(2)7-3-4-8(9)5-7;1-7(2)8-5-3-4-6-8;1-7(2)8-3-5-9-6-4-8;1-5(2)6-3-4-6;/h3-6H,1-2H3;9-10H,5-8H2,1-4H3;9,12H,3-8H2,1-2H3;6-7H,3-5H2,1-2H3;6-9H,3-5H2,1-2H3;6-7H,3-5H2,1-2H3;7-8H,3-6H2,1-2H3;7H,3-6H2,1-2H3;5-6H,3-4H2,1-2H3;1H4. The predicted molar refractivity (Wildman–Crippen MR) is 370 cm³/mol. The second-order valence-corrected chi connectivity index (χ2v) is 30.4. The SMILES string of the molecule is C.CC(C)C1CC1.CC(C)C1CCC(=O)C1.CC(C)C1CCC(F)(F)C1.CC(C)C1CCC(O)C1.CC(C)C1CCCC1.CC(C)N1CCC(N(C)C)CC1.CC(C)N1CCN(CCO)CC1.CC(C)N1CCOCC1.CC(C)c1ccc(F)c(C(F)(F)F)c1. The van der Waals surface area contributed by atoms with Crippen LogP contribution in [0.25, 0.3) is 0 Å². The summed E-state index contributed by atoms with van der Waals surface area (Å²) in [6, 6.07) is 6.00. The third-order valence-corrected chi connectivity index (χ3v) is 20.2. The number of carbonyl (C=O) groups is 1. The summed E-state index contributed by atoms with van der Waals surface area (Å²) >= 11 is 0. The second-order valence-electron chi connectivity index (χ2n) is 30.4. The van der Waals surface area contributed by atoms with Gasteiger partial charge in [0.05, 0.1) is 31.5 Å². The van der Waals surface area contributed by atoms with Gasteiger partial charge in [-0.25, -0.2) is 13.2 Å². The van der Waals surface area contributed by atoms with E-state index in [0.29, 0.717) is 54.2 Å². The van der Waals surface area contributed by atoms with Crippen LogP contribution in [0, 0.1) is 65.0 Å². The number of benzene rings is 1. The zero-order valence-electron chi connectivity index (χ0n) is 60.7. The van der Waals surface area contributed by atoms with E-state index in [0.717, 1.165) is 151 Å². The molecule has 9 rings (SSSR count). The van der Waals surface area contributed by atoms with E-state index in [1.54, 1.807) is 13.8 Å². The Labute approximate surface area is 550 Å². The molecule has 0 amide bonds. The molecule has 2 N–H and O–H groups in total. The van der Waals surface area contributed by atoms with Gasteiger partial charge in [-0.2, -0.15) is 13.2 Å². The van der Waals surface area contributed by atoms with Crippen LogP contribution in [0.1, 0.15) is 258 Å². The molecule has 1 aromatic carbocycles. The van der Waals surface area contributed by atoms with Crippen LogP contribution in [-0.2, 0) is 15.7 Å². The first kappa shape index (κ1) is 88.2. The molecule has 534 valence electrons. The fourth-order valence-electron chi connectivity index (χ4n) is 12.7. The van der Waals surface area contributed by atoms with Crippen molar-refractivity contribution in [2.75, 3.05) is 92.8 Å². The Morgan fingerprint density at radius 2 is 1.04 bits per heavy atom. The Morgan fingerprint density at radius 3 is 1.33 bits per heavy atom. The maximum atomic E-state index is 12.8. The lowest BCUT2D eigenvalue weighted by molar-refractivity contribution is -0.140. The molecule has 90 heavy (non-hydrogen) atoms. The van der Waals surface area contributed by atoms with Gasteiger partial charge in [0.25, 0.3) is 0 Å². The first-order chi connectivity index (χ1) is 41.5. The minimum atomic E-state index is -4.62. The molecule has 5 aliphatic carbocycles. The Bertz CT molecular complexity index is 1890. The molecule has 4 atom stereocenters. The van der Waals surface area contributed by atoms with Crippen LogP contribution < -0.4 is 0 Å². The van der Waals surface area contributed by atoms with E-state index < -0.39 is 23.5 Å². The summed E-state index contributed by atoms with van der Waals surface area (Å²) in [4.78, 5) is 22.9. The molecule has 1 aromatic rings. The first-order valence-electron chi connectivity index (χ1n) is 35.7. The van der Waals surface area contributed by atoms with Crippen LogP contribution in [0.15, 0.2) is 18.2 Å². The molecule has 9 nitrogen and oxygen atoms in total. The van der Waals surface area contributed by atoms with E-state index in [1.165, 1.54) is 76.9 Å². The van der Waals surface area contributed by atoms with Crippen molar-refractivity contribution in [3.63, 3.8) is 0 Å². The molecule has 15 heteroatoms. The number of rotatable bonds is 12. The number of carbonyl (C=O) groups excluding carboxylic acids is 1. The number of Topliss-reactive ketones (excluding diaryl/α,β-unsaturated/α-hetero) is 1. The summed E-state index contributed by atoms with van der Waals surface area (Å²) in [6.07, 6.45) is 14.1. The molecule has 8 fully saturated rings. The van der Waals surface area contributed by atoms with E-state index in [-0.39, 0.29) is 38.2 Å². The van der Waals surface area contributed by atoms with E-state index in [4.69, 9.17) is 14.9 Å². The zero-order chi connectivity index (χ0) is 67.8. The molecule has 3 saturated heterocycles. The third kappa shape index (κ3) is 38.6. The number of aliphatic hydroxyl groups excluding tert-OH is 2. The highest BCUT2D eigenvalue weighted by molar-refractivity contribution is 5.80. The molecule has 5 saturated carbocycles. The van der Waals surface area contributed by atoms with Crippen LogP contribution in [0.4, 0.5) is 26.3 Å². The number of ketones is 1. The smallest absolute Gasteiger partial charge is 0.395 e. The highest BCUT2D eigenvalue weighted by atomic mass is 19.4. The summed E-state index contributed by atoms with van der Waals surface area (Å²) in [5.41, 5.74) is -0.706. The molecule has 4 unspecified atom stereocenters. The number of alkyl halides is 5. The Morgan fingerprint density at radius 1 is 0.589 bits per heavy atom. The Balaban J connectivity index is 0.000000996. The molecule has 0 aromatic heterocycles. The van der Waals surface area contributed by atoms with Crippen LogP contribution >= 0.6 is 0 Å². The monoisotopic (exact) mass is 1290 g/mol. The van der Waals surface area contributed by atoms with E-state index in [9.17, 15) is 31.1 Å². The average Bonchev–Trinajstić information content (AvgIpc) is 3.87. The highest BCUT2D eigenvalue weighted by Gasteiger charge is 2.40. The van der Waals surface area contributed by atoms with Crippen molar-refractivity contribution in [3.8, 4) is 0 Å². The number of nitrogens with zero attached hydrogens (tertiary/aromatic N) is 5. The topological polar surface area (TPSA) is 83.0 Å². The van der Waals surface area contributed by atoms with Crippen molar-refractivity contribution in [2.24, 2.45) is 59.2 Å². The van der Waals surface area contributed by atoms with Crippen LogP contribution in [0.3, 0.4) is 0 Å². The van der Waals surface area contributed by atoms with Gasteiger partial charge in [0.15, 0.2) is 0 Å². The van der Waals surface area contributed by atoms with Gasteiger partial charge in [0.1, 0.15) is 11.6 Å². The molecular formula is C75H143F6N5O4. The molecule has 3 heterocycles. The number of hydrogen-bond acceptors (Lipinski definition) is 9. The van der Waals surface area contributed by atoms with Gasteiger partial charge in [-0.1, -0.05) is 122 Å². The minimum absolute atomic E-state index is 0. The number of aliphatic hydroxyl groups is 2. The summed E-state index contributed by atoms with van der Waals surface area (Å²) in [5, 5.41) is 17.9. The van der Waals surface area contributed by atoms with Gasteiger partial charge >= 0.3 is 6.18 Å². The van der Waals surface area contributed by atoms with Crippen molar-refractivity contribution in [3.05, 3.63) is 35.1 Å². The molecule has 0 radical (unpaired) electrons. The van der Waals surface area contributed by atoms with Crippen molar-refractivity contribution >= 4 is 5.78 Å². The number of hydrogen-bond donors (Lipinski definition) is 2. The van der Waals surface area contributed by atoms with Crippen molar-refractivity contribution in [2.45, 2.75) is 289 Å². The molecule has 8 aliphatic rings. The van der Waals surface area contributed by atoms with Gasteiger partial charge in [-0.05, 0) is 209 Å². The number of β-amino-alcohol motifs (C(OH)–C–C–N with tert-alkyl or cyclic N) is 1. The van der Waals surface area contributed by atoms with Gasteiger partial charge in [-0.15, -0.1) is 0 Å². The molecular weight excluding hydrogens is 1150 g/mol. The first-order valence-corrected chi connectivity index (χ1v) is 35.7. The zero-order valence-corrected chi connectivity index (χ0v) is 60.7. The van der Waals surface area contributed by atoms with Gasteiger partial charge < -0.3 is 24.7 Å². The summed E-state index contributed by atoms with van der Waals surface area (Å²) in [6.45, 7) is 51.5. The average molecular weight is 1290 g/mol. The predicted octanol–water partition coefficient (Wildman–Crippen LogP) is 18.5. The maximum absolute atomic E-state index is 12.8. The maximum Gasteiger partial charge on any atom is 0.419 e. The summed E-state index contributed by atoms with van der Waals surface area (Å²) in [5.74, 6) is 4.56. The Kier molecular flexibility index (Phi) is 45.4. The second kappa shape index (κ2) is 46.3. The molecule has 3 aliphatic heterocycles. The lowest BCUT2D eigenvalue weighted by Gasteiger charge is -2.37. The minimum Gasteiger partial charge on any atom is -0.395 e. The number of piperidine rings is 1. The number of halogens is 6. The summed E-state index contributed by atoms with van der Waals surface area (Å²) in [7, 11) is 4.38. The fourth-order valence-corrected chi connectivity index (χ4v) is 12.7. The van der Waals surface area contributed by atoms with Gasteiger partial charge in [-0.3, -0.25) is 19.5 Å². The summed E-state index contributed by atoms with van der Waals surface area (Å²) < 4.78 is 79.9. The van der Waals surface area contributed by atoms with E-state index >= 15 is 0 Å². The van der Waals surface area contributed by atoms with Crippen LogP contribution in [0.2, 0.25) is 0 Å². The molecule has 0 spiro atoms. The number of ether oxygens (including phenoxy) is 1. The third-order valence-electron chi connectivity index (χ3n) is 20.2. The van der Waals surface area contributed by atoms with Crippen LogP contribution in [-0.4, -0.2) is 170 Å². The lowest BCUT2D eigenvalue weighted by Crippen LogP contribution is -2.49. The van der Waals surface area contributed by atoms with Crippen molar-refractivity contribution in [1.29, 1.82) is 0 Å². The van der Waals surface area contributed by atoms with Gasteiger partial charge in [0, 0.05) is 95.7 Å². The number of piperazine rings is 1. The van der Waals surface area contributed by atoms with Crippen molar-refractivity contribution in [1.82, 2.24) is 24.5 Å². The number of morpholine rings is 1. The normalized spacial score (nSPS) is 23.6. The molecule has 0 bridgehead atoms. The fraction of sp³-hybridized carbons (Fsp3) is 0.907. The lowest BCUT2D eigenvalue weighted by atomic mass is 9.94. The van der Waals surface area contributed by atoms with Crippen molar-refractivity contribution < 1.29 is 46.1 Å². The largest absolute Gasteiger partial charge is 0.419 e. The van der Waals surface area contributed by atoms with E-state index in [2.05, 4.69) is 136 Å². The van der Waals surface area contributed by atoms with Gasteiger partial charge in [0.2, 0.25) is 5.92 Å². The Hall–Kier alpha value is -1.85. The number of likely N-dealkylation sites (tertiary alicyclic amines) is 1. The van der Waals surface area contributed by atoms with Crippen LogP contribution in [0.5, 0.6) is 0 Å². The van der Waals surface area contributed by atoms with E-state index in [1.807, 2.05) is 13.8 Å². The highest BCUT2D eigenvalue weighted by Crippen LogP contribution is 2.42.